The summed E-state index contributed by atoms with van der Waals surface area (Å²) in [6, 6.07) is 14.8. The Labute approximate surface area is 182 Å². The Balaban J connectivity index is 1.64. The summed E-state index contributed by atoms with van der Waals surface area (Å²) in [5.41, 5.74) is 3.45. The lowest BCUT2D eigenvalue weighted by Gasteiger charge is -2.12. The molecule has 0 spiro atoms. The SMILES string of the molecule is CCOc1cc(/C=N\Nc2ccc(C(F)(F)F)cn2)ccc1OCc1ccc(Cl)cc1. The van der Waals surface area contributed by atoms with Gasteiger partial charge in [0.25, 0.3) is 0 Å². The first-order chi connectivity index (χ1) is 14.8. The highest BCUT2D eigenvalue weighted by molar-refractivity contribution is 6.30. The predicted molar refractivity (Wildman–Crippen MR) is 114 cm³/mol. The molecule has 0 bridgehead atoms. The fourth-order valence-corrected chi connectivity index (χ4v) is 2.66. The van der Waals surface area contributed by atoms with Crippen LogP contribution in [0.15, 0.2) is 65.9 Å². The number of hydrazone groups is 1. The topological polar surface area (TPSA) is 55.7 Å². The first-order valence-corrected chi connectivity index (χ1v) is 9.69. The molecule has 3 rings (SSSR count). The summed E-state index contributed by atoms with van der Waals surface area (Å²) in [5, 5.41) is 4.66. The number of aromatic nitrogens is 1. The van der Waals surface area contributed by atoms with Gasteiger partial charge in [0.2, 0.25) is 0 Å². The molecule has 0 unspecified atom stereocenters. The monoisotopic (exact) mass is 449 g/mol. The first-order valence-electron chi connectivity index (χ1n) is 9.31. The molecule has 5 nitrogen and oxygen atoms in total. The van der Waals surface area contributed by atoms with E-state index in [-0.39, 0.29) is 5.82 Å². The number of ether oxygens (including phenoxy) is 2. The van der Waals surface area contributed by atoms with E-state index < -0.39 is 11.7 Å². The molecule has 0 aliphatic rings. The second-order valence-corrected chi connectivity index (χ2v) is 6.79. The number of benzene rings is 2. The summed E-state index contributed by atoms with van der Waals surface area (Å²) in [6.07, 6.45) is -2.18. The van der Waals surface area contributed by atoms with Gasteiger partial charge in [-0.25, -0.2) is 4.98 Å². The Kier molecular flexibility index (Phi) is 7.36. The number of anilines is 1. The molecule has 1 aromatic heterocycles. The zero-order chi connectivity index (χ0) is 22.3. The molecule has 0 radical (unpaired) electrons. The minimum absolute atomic E-state index is 0.192. The maximum atomic E-state index is 12.6. The van der Waals surface area contributed by atoms with E-state index >= 15 is 0 Å². The maximum absolute atomic E-state index is 12.6. The summed E-state index contributed by atoms with van der Waals surface area (Å²) in [5.74, 6) is 1.32. The van der Waals surface area contributed by atoms with E-state index in [1.165, 1.54) is 12.3 Å². The van der Waals surface area contributed by atoms with Crippen LogP contribution in [0.3, 0.4) is 0 Å². The minimum atomic E-state index is -4.43. The Bertz CT molecular complexity index is 1020. The van der Waals surface area contributed by atoms with E-state index in [1.54, 1.807) is 30.3 Å². The molecule has 0 amide bonds. The molecule has 0 fully saturated rings. The standard InChI is InChI=1S/C22H19ClF3N3O2/c1-2-30-20-11-16(5-9-19(20)31-14-15-3-7-18(23)8-4-15)12-28-29-21-10-6-17(13-27-21)22(24,25)26/h3-13H,2,14H2,1H3,(H,27,29)/b28-12-. The van der Waals surface area contributed by atoms with E-state index in [2.05, 4.69) is 15.5 Å². The highest BCUT2D eigenvalue weighted by Crippen LogP contribution is 2.30. The third-order valence-corrected chi connectivity index (χ3v) is 4.31. The molecular formula is C22H19ClF3N3O2. The van der Waals surface area contributed by atoms with Gasteiger partial charge < -0.3 is 9.47 Å². The van der Waals surface area contributed by atoms with Crippen molar-refractivity contribution < 1.29 is 22.6 Å². The van der Waals surface area contributed by atoms with Gasteiger partial charge in [-0.05, 0) is 60.5 Å². The number of rotatable bonds is 8. The number of halogens is 4. The molecule has 3 aromatic rings. The fraction of sp³-hybridized carbons (Fsp3) is 0.182. The second kappa shape index (κ2) is 10.2. The fourth-order valence-electron chi connectivity index (χ4n) is 2.53. The number of hydrogen-bond donors (Lipinski definition) is 1. The third kappa shape index (κ3) is 6.62. The van der Waals surface area contributed by atoms with Gasteiger partial charge in [-0.1, -0.05) is 23.7 Å². The minimum Gasteiger partial charge on any atom is -0.490 e. The zero-order valence-corrected chi connectivity index (χ0v) is 17.2. The average Bonchev–Trinajstić information content (AvgIpc) is 2.74. The molecule has 162 valence electrons. The van der Waals surface area contributed by atoms with Gasteiger partial charge in [-0.15, -0.1) is 0 Å². The number of pyridine rings is 1. The summed E-state index contributed by atoms with van der Waals surface area (Å²) >= 11 is 5.89. The zero-order valence-electron chi connectivity index (χ0n) is 16.5. The molecule has 0 aliphatic carbocycles. The van der Waals surface area contributed by atoms with Crippen LogP contribution in [-0.2, 0) is 12.8 Å². The molecule has 1 heterocycles. The Morgan fingerprint density at radius 2 is 1.81 bits per heavy atom. The summed E-state index contributed by atoms with van der Waals surface area (Å²) in [7, 11) is 0. The normalized spacial score (nSPS) is 11.5. The second-order valence-electron chi connectivity index (χ2n) is 6.35. The lowest BCUT2D eigenvalue weighted by molar-refractivity contribution is -0.137. The summed E-state index contributed by atoms with van der Waals surface area (Å²) in [6.45, 7) is 2.67. The van der Waals surface area contributed by atoms with Gasteiger partial charge in [0.1, 0.15) is 12.4 Å². The molecule has 0 atom stereocenters. The molecule has 31 heavy (non-hydrogen) atoms. The van der Waals surface area contributed by atoms with E-state index in [9.17, 15) is 13.2 Å². The lowest BCUT2D eigenvalue weighted by Crippen LogP contribution is -2.05. The Morgan fingerprint density at radius 3 is 2.45 bits per heavy atom. The van der Waals surface area contributed by atoms with Crippen molar-refractivity contribution in [2.45, 2.75) is 19.7 Å². The molecule has 0 aliphatic heterocycles. The van der Waals surface area contributed by atoms with Crippen molar-refractivity contribution >= 4 is 23.6 Å². The van der Waals surface area contributed by atoms with Crippen molar-refractivity contribution in [3.8, 4) is 11.5 Å². The van der Waals surface area contributed by atoms with Gasteiger partial charge in [0, 0.05) is 11.2 Å². The van der Waals surface area contributed by atoms with E-state index in [0.717, 1.165) is 17.8 Å². The molecular weight excluding hydrogens is 431 g/mol. The van der Waals surface area contributed by atoms with Gasteiger partial charge in [-0.3, -0.25) is 5.43 Å². The summed E-state index contributed by atoms with van der Waals surface area (Å²) in [4.78, 5) is 3.70. The Morgan fingerprint density at radius 1 is 1.03 bits per heavy atom. The summed E-state index contributed by atoms with van der Waals surface area (Å²) < 4.78 is 49.2. The van der Waals surface area contributed by atoms with Crippen molar-refractivity contribution in [1.82, 2.24) is 4.98 Å². The Hall–Kier alpha value is -3.26. The third-order valence-electron chi connectivity index (χ3n) is 4.06. The van der Waals surface area contributed by atoms with Crippen LogP contribution in [0.5, 0.6) is 11.5 Å². The van der Waals surface area contributed by atoms with Crippen molar-refractivity contribution in [3.05, 3.63) is 82.5 Å². The number of hydrogen-bond acceptors (Lipinski definition) is 5. The lowest BCUT2D eigenvalue weighted by atomic mass is 10.2. The first kappa shape index (κ1) is 22.4. The van der Waals surface area contributed by atoms with E-state index in [0.29, 0.717) is 35.3 Å². The molecule has 0 saturated carbocycles. The van der Waals surface area contributed by atoms with Gasteiger partial charge in [0.15, 0.2) is 11.5 Å². The average molecular weight is 450 g/mol. The van der Waals surface area contributed by atoms with Crippen LogP contribution in [0.4, 0.5) is 19.0 Å². The van der Waals surface area contributed by atoms with Crippen LogP contribution in [0.2, 0.25) is 5.02 Å². The van der Waals surface area contributed by atoms with Gasteiger partial charge in [-0.2, -0.15) is 18.3 Å². The number of nitrogens with zero attached hydrogens (tertiary/aromatic N) is 2. The van der Waals surface area contributed by atoms with Crippen molar-refractivity contribution in [1.29, 1.82) is 0 Å². The largest absolute Gasteiger partial charge is 0.490 e. The highest BCUT2D eigenvalue weighted by atomic mass is 35.5. The molecule has 1 N–H and O–H groups in total. The van der Waals surface area contributed by atoms with Crippen molar-refractivity contribution in [2.24, 2.45) is 5.10 Å². The van der Waals surface area contributed by atoms with Crippen LogP contribution in [0.1, 0.15) is 23.6 Å². The predicted octanol–water partition coefficient (Wildman–Crippen LogP) is 6.18. The number of alkyl halides is 3. The van der Waals surface area contributed by atoms with Crippen LogP contribution < -0.4 is 14.9 Å². The van der Waals surface area contributed by atoms with Crippen LogP contribution in [0.25, 0.3) is 0 Å². The van der Waals surface area contributed by atoms with Crippen LogP contribution in [0, 0.1) is 0 Å². The number of nitrogens with one attached hydrogen (secondary N) is 1. The smallest absolute Gasteiger partial charge is 0.417 e. The maximum Gasteiger partial charge on any atom is 0.417 e. The molecule has 2 aromatic carbocycles. The molecule has 9 heteroatoms. The van der Waals surface area contributed by atoms with Gasteiger partial charge in [0.05, 0.1) is 18.4 Å². The van der Waals surface area contributed by atoms with Crippen LogP contribution in [-0.4, -0.2) is 17.8 Å². The quantitative estimate of drug-likeness (QED) is 0.329. The van der Waals surface area contributed by atoms with E-state index in [4.69, 9.17) is 21.1 Å². The van der Waals surface area contributed by atoms with Crippen molar-refractivity contribution in [2.75, 3.05) is 12.0 Å². The van der Waals surface area contributed by atoms with Crippen LogP contribution >= 0.6 is 11.6 Å². The molecule has 0 saturated heterocycles. The van der Waals surface area contributed by atoms with Crippen molar-refractivity contribution in [3.63, 3.8) is 0 Å². The highest BCUT2D eigenvalue weighted by Gasteiger charge is 2.30. The van der Waals surface area contributed by atoms with Gasteiger partial charge >= 0.3 is 6.18 Å². The van der Waals surface area contributed by atoms with E-state index in [1.807, 2.05) is 19.1 Å².